The molecule has 0 aromatic carbocycles. The molecule has 0 unspecified atom stereocenters. The van der Waals surface area contributed by atoms with Crippen molar-refractivity contribution >= 4 is 11.6 Å². The lowest BCUT2D eigenvalue weighted by atomic mass is 10.3. The number of nitro groups is 1. The monoisotopic (exact) mass is 252 g/mol. The zero-order chi connectivity index (χ0) is 13.3. The Balaban J connectivity index is 2.17. The largest absolute Gasteiger partial charge is 0.341 e. The molecule has 0 aliphatic carbocycles. The molecule has 1 aliphatic rings. The summed E-state index contributed by atoms with van der Waals surface area (Å²) in [6.45, 7) is 4.83. The minimum absolute atomic E-state index is 0.0232. The average molecular weight is 252 g/mol. The SMILES string of the molecule is Cc1nn([C@@H](C)C(=O)N2CCCC2)cc1[N+](=O)[O-]. The van der Waals surface area contributed by atoms with Crippen molar-refractivity contribution in [1.82, 2.24) is 14.7 Å². The Labute approximate surface area is 105 Å². The van der Waals surface area contributed by atoms with Gasteiger partial charge in [0, 0.05) is 13.1 Å². The molecule has 2 rings (SSSR count). The van der Waals surface area contributed by atoms with E-state index in [1.165, 1.54) is 10.9 Å². The maximum Gasteiger partial charge on any atom is 0.309 e. The van der Waals surface area contributed by atoms with E-state index in [4.69, 9.17) is 0 Å². The molecule has 1 fully saturated rings. The van der Waals surface area contributed by atoms with Crippen LogP contribution in [-0.4, -0.2) is 38.6 Å². The predicted molar refractivity (Wildman–Crippen MR) is 64.1 cm³/mol. The van der Waals surface area contributed by atoms with Crippen LogP contribution in [0.2, 0.25) is 0 Å². The molecule has 7 heteroatoms. The first kappa shape index (κ1) is 12.5. The Morgan fingerprint density at radius 2 is 2.11 bits per heavy atom. The van der Waals surface area contributed by atoms with Gasteiger partial charge < -0.3 is 4.90 Å². The van der Waals surface area contributed by atoms with E-state index in [1.807, 2.05) is 0 Å². The number of carbonyl (C=O) groups excluding carboxylic acids is 1. The van der Waals surface area contributed by atoms with Crippen LogP contribution in [0, 0.1) is 17.0 Å². The van der Waals surface area contributed by atoms with Crippen LogP contribution in [0.4, 0.5) is 5.69 Å². The lowest BCUT2D eigenvalue weighted by Gasteiger charge is -2.20. The summed E-state index contributed by atoms with van der Waals surface area (Å²) in [6, 6.07) is -0.490. The Kier molecular flexibility index (Phi) is 3.31. The topological polar surface area (TPSA) is 81.3 Å². The lowest BCUT2D eigenvalue weighted by Crippen LogP contribution is -2.34. The highest BCUT2D eigenvalue weighted by molar-refractivity contribution is 5.80. The fourth-order valence-electron chi connectivity index (χ4n) is 2.16. The van der Waals surface area contributed by atoms with Crippen molar-refractivity contribution in [2.75, 3.05) is 13.1 Å². The third-order valence-electron chi connectivity index (χ3n) is 3.26. The Hall–Kier alpha value is -1.92. The van der Waals surface area contributed by atoms with Crippen molar-refractivity contribution in [2.45, 2.75) is 32.7 Å². The summed E-state index contributed by atoms with van der Waals surface area (Å²) in [7, 11) is 0. The van der Waals surface area contributed by atoms with Crippen molar-refractivity contribution in [3.63, 3.8) is 0 Å². The predicted octanol–water partition coefficient (Wildman–Crippen LogP) is 1.28. The number of hydrogen-bond acceptors (Lipinski definition) is 4. The van der Waals surface area contributed by atoms with Crippen LogP contribution in [0.25, 0.3) is 0 Å². The smallest absolute Gasteiger partial charge is 0.309 e. The van der Waals surface area contributed by atoms with Crippen molar-refractivity contribution in [3.8, 4) is 0 Å². The number of amides is 1. The molecule has 0 spiro atoms. The van der Waals surface area contributed by atoms with Gasteiger partial charge in [-0.2, -0.15) is 5.10 Å². The summed E-state index contributed by atoms with van der Waals surface area (Å²) < 4.78 is 1.38. The molecule has 1 aromatic heterocycles. The zero-order valence-corrected chi connectivity index (χ0v) is 10.5. The van der Waals surface area contributed by atoms with Crippen LogP contribution in [0.15, 0.2) is 6.20 Å². The molecule has 1 saturated heterocycles. The van der Waals surface area contributed by atoms with E-state index in [2.05, 4.69) is 5.10 Å². The summed E-state index contributed by atoms with van der Waals surface area (Å²) in [6.07, 6.45) is 3.38. The van der Waals surface area contributed by atoms with Gasteiger partial charge in [0.15, 0.2) is 0 Å². The van der Waals surface area contributed by atoms with E-state index in [9.17, 15) is 14.9 Å². The van der Waals surface area contributed by atoms with Gasteiger partial charge in [-0.15, -0.1) is 0 Å². The van der Waals surface area contributed by atoms with E-state index in [0.29, 0.717) is 5.69 Å². The van der Waals surface area contributed by atoms with Gasteiger partial charge in [-0.3, -0.25) is 19.6 Å². The van der Waals surface area contributed by atoms with Gasteiger partial charge in [0.1, 0.15) is 17.9 Å². The number of carbonyl (C=O) groups is 1. The molecule has 7 nitrogen and oxygen atoms in total. The van der Waals surface area contributed by atoms with Crippen molar-refractivity contribution in [1.29, 1.82) is 0 Å². The number of hydrogen-bond donors (Lipinski definition) is 0. The maximum absolute atomic E-state index is 12.1. The van der Waals surface area contributed by atoms with E-state index in [1.54, 1.807) is 18.7 Å². The molecule has 0 radical (unpaired) electrons. The van der Waals surface area contributed by atoms with Crippen LogP contribution >= 0.6 is 0 Å². The van der Waals surface area contributed by atoms with Crippen LogP contribution in [-0.2, 0) is 4.79 Å². The van der Waals surface area contributed by atoms with Crippen LogP contribution < -0.4 is 0 Å². The molecule has 98 valence electrons. The quantitative estimate of drug-likeness (QED) is 0.599. The normalized spacial score (nSPS) is 16.9. The molecule has 0 saturated carbocycles. The third-order valence-corrected chi connectivity index (χ3v) is 3.26. The summed E-state index contributed by atoms with van der Waals surface area (Å²) in [5, 5.41) is 14.8. The number of likely N-dealkylation sites (tertiary alicyclic amines) is 1. The fourth-order valence-corrected chi connectivity index (χ4v) is 2.16. The standard InChI is InChI=1S/C11H16N4O3/c1-8-10(15(17)18)7-14(12-8)9(2)11(16)13-5-3-4-6-13/h7,9H,3-6H2,1-2H3/t9-/m0/s1. The summed E-state index contributed by atoms with van der Waals surface area (Å²) >= 11 is 0. The lowest BCUT2D eigenvalue weighted by molar-refractivity contribution is -0.385. The second-order valence-corrected chi connectivity index (χ2v) is 4.55. The van der Waals surface area contributed by atoms with Crippen molar-refractivity contribution in [2.24, 2.45) is 0 Å². The van der Waals surface area contributed by atoms with Crippen LogP contribution in [0.5, 0.6) is 0 Å². The third kappa shape index (κ3) is 2.20. The molecule has 2 heterocycles. The maximum atomic E-state index is 12.1. The molecule has 1 atom stereocenters. The van der Waals surface area contributed by atoms with Gasteiger partial charge in [0.25, 0.3) is 0 Å². The molecular formula is C11H16N4O3. The van der Waals surface area contributed by atoms with Gasteiger partial charge in [0.05, 0.1) is 4.92 Å². The average Bonchev–Trinajstić information content (AvgIpc) is 2.95. The fraction of sp³-hybridized carbons (Fsp3) is 0.636. The Bertz CT molecular complexity index is 477. The van der Waals surface area contributed by atoms with Gasteiger partial charge in [0.2, 0.25) is 5.91 Å². The second kappa shape index (κ2) is 4.75. The molecule has 18 heavy (non-hydrogen) atoms. The first-order valence-corrected chi connectivity index (χ1v) is 5.99. The van der Waals surface area contributed by atoms with Crippen LogP contribution in [0.1, 0.15) is 31.5 Å². The summed E-state index contributed by atoms with van der Waals surface area (Å²) in [5.41, 5.74) is 0.289. The van der Waals surface area contributed by atoms with Gasteiger partial charge >= 0.3 is 5.69 Å². The Morgan fingerprint density at radius 1 is 1.50 bits per heavy atom. The molecule has 1 amide bonds. The van der Waals surface area contributed by atoms with E-state index >= 15 is 0 Å². The van der Waals surface area contributed by atoms with E-state index in [0.717, 1.165) is 25.9 Å². The number of nitrogens with zero attached hydrogens (tertiary/aromatic N) is 4. The zero-order valence-electron chi connectivity index (χ0n) is 10.5. The summed E-state index contributed by atoms with van der Waals surface area (Å²) in [5.74, 6) is -0.0232. The minimum atomic E-state index is -0.490. The highest BCUT2D eigenvalue weighted by atomic mass is 16.6. The second-order valence-electron chi connectivity index (χ2n) is 4.55. The highest BCUT2D eigenvalue weighted by Gasteiger charge is 2.27. The number of aryl methyl sites for hydroxylation is 1. The van der Waals surface area contributed by atoms with Gasteiger partial charge in [-0.1, -0.05) is 0 Å². The van der Waals surface area contributed by atoms with E-state index < -0.39 is 11.0 Å². The molecule has 0 bridgehead atoms. The minimum Gasteiger partial charge on any atom is -0.341 e. The number of rotatable bonds is 3. The molecule has 1 aliphatic heterocycles. The van der Waals surface area contributed by atoms with Crippen LogP contribution in [0.3, 0.4) is 0 Å². The van der Waals surface area contributed by atoms with Crippen molar-refractivity contribution < 1.29 is 9.72 Å². The van der Waals surface area contributed by atoms with Crippen molar-refractivity contribution in [3.05, 3.63) is 22.0 Å². The molecule has 0 N–H and O–H groups in total. The first-order valence-electron chi connectivity index (χ1n) is 5.99. The van der Waals surface area contributed by atoms with Gasteiger partial charge in [-0.05, 0) is 26.7 Å². The van der Waals surface area contributed by atoms with Gasteiger partial charge in [-0.25, -0.2) is 0 Å². The first-order chi connectivity index (χ1) is 8.50. The van der Waals surface area contributed by atoms with E-state index in [-0.39, 0.29) is 11.6 Å². The number of aromatic nitrogens is 2. The molecular weight excluding hydrogens is 236 g/mol. The molecule has 1 aromatic rings. The Morgan fingerprint density at radius 3 is 2.61 bits per heavy atom. The summed E-state index contributed by atoms with van der Waals surface area (Å²) in [4.78, 5) is 24.2. The highest BCUT2D eigenvalue weighted by Crippen LogP contribution is 2.20.